The number of nitrogens with zero attached hydrogens (tertiary/aromatic N) is 2. The Morgan fingerprint density at radius 3 is 2.21 bits per heavy atom. The Labute approximate surface area is 169 Å². The maximum absolute atomic E-state index is 12.4. The van der Waals surface area contributed by atoms with Gasteiger partial charge in [0.05, 0.1) is 17.7 Å². The van der Waals surface area contributed by atoms with Gasteiger partial charge in [-0.1, -0.05) is 12.1 Å². The van der Waals surface area contributed by atoms with Crippen LogP contribution in [0.5, 0.6) is 5.75 Å². The van der Waals surface area contributed by atoms with Gasteiger partial charge in [-0.05, 0) is 36.4 Å². The first kappa shape index (κ1) is 20.6. The molecule has 0 aliphatic carbocycles. The topological polar surface area (TPSA) is 122 Å². The smallest absolute Gasteiger partial charge is 0.313 e. The third-order valence-electron chi connectivity index (χ3n) is 4.63. The lowest BCUT2D eigenvalue weighted by Gasteiger charge is -2.36. The molecule has 1 heterocycles. The Bertz CT molecular complexity index is 1000. The van der Waals surface area contributed by atoms with Crippen LogP contribution in [0.4, 0.5) is 11.4 Å². The summed E-state index contributed by atoms with van der Waals surface area (Å²) in [5.74, 6) is -0.660. The second-order valence-corrected chi connectivity index (χ2v) is 8.04. The number of rotatable bonds is 4. The van der Waals surface area contributed by atoms with Crippen molar-refractivity contribution in [3.05, 3.63) is 48.5 Å². The zero-order valence-corrected chi connectivity index (χ0v) is 16.7. The molecule has 2 amide bonds. The summed E-state index contributed by atoms with van der Waals surface area (Å²) in [7, 11) is -2.21. The molecule has 3 rings (SSSR count). The number of carbonyl (C=O) groups is 2. The number of nitrogens with two attached hydrogens (primary N) is 1. The monoisotopic (exact) mass is 418 g/mol. The number of ether oxygens (including phenoxy) is 1. The van der Waals surface area contributed by atoms with Crippen LogP contribution in [-0.2, 0) is 19.6 Å². The number of sulfonamides is 1. The minimum Gasteiger partial charge on any atom is -0.495 e. The number of para-hydroxylation sites is 2. The Balaban J connectivity index is 1.58. The van der Waals surface area contributed by atoms with Gasteiger partial charge in [-0.3, -0.25) is 9.59 Å². The van der Waals surface area contributed by atoms with Crippen molar-refractivity contribution in [1.82, 2.24) is 4.90 Å². The van der Waals surface area contributed by atoms with Crippen molar-refractivity contribution in [2.45, 2.75) is 4.90 Å². The lowest BCUT2D eigenvalue weighted by Crippen LogP contribution is -2.51. The van der Waals surface area contributed by atoms with Crippen LogP contribution in [0.2, 0.25) is 0 Å². The van der Waals surface area contributed by atoms with Crippen molar-refractivity contribution in [1.29, 1.82) is 0 Å². The molecule has 3 N–H and O–H groups in total. The van der Waals surface area contributed by atoms with Gasteiger partial charge in [-0.2, -0.15) is 0 Å². The molecule has 10 heteroatoms. The highest BCUT2D eigenvalue weighted by molar-refractivity contribution is 7.89. The van der Waals surface area contributed by atoms with E-state index in [1.807, 2.05) is 24.3 Å². The number of methoxy groups -OCH3 is 1. The number of nitrogens with one attached hydrogen (secondary N) is 1. The third kappa shape index (κ3) is 4.84. The summed E-state index contributed by atoms with van der Waals surface area (Å²) in [6, 6.07) is 12.9. The summed E-state index contributed by atoms with van der Waals surface area (Å²) >= 11 is 0. The average molecular weight is 418 g/mol. The van der Waals surface area contributed by atoms with Crippen molar-refractivity contribution in [2.24, 2.45) is 5.14 Å². The number of hydrogen-bond acceptors (Lipinski definition) is 6. The molecule has 0 saturated carbocycles. The molecule has 0 bridgehead atoms. The van der Waals surface area contributed by atoms with E-state index in [4.69, 9.17) is 9.88 Å². The van der Waals surface area contributed by atoms with Crippen molar-refractivity contribution >= 4 is 33.2 Å². The van der Waals surface area contributed by atoms with Gasteiger partial charge in [0.25, 0.3) is 0 Å². The second-order valence-electron chi connectivity index (χ2n) is 6.47. The van der Waals surface area contributed by atoms with Crippen LogP contribution in [0.1, 0.15) is 0 Å². The average Bonchev–Trinajstić information content (AvgIpc) is 2.73. The van der Waals surface area contributed by atoms with E-state index in [-0.39, 0.29) is 4.90 Å². The van der Waals surface area contributed by atoms with Crippen LogP contribution in [0.25, 0.3) is 0 Å². The molecule has 0 atom stereocenters. The maximum atomic E-state index is 12.4. The molecule has 1 saturated heterocycles. The van der Waals surface area contributed by atoms with E-state index in [1.54, 1.807) is 7.11 Å². The van der Waals surface area contributed by atoms with Crippen molar-refractivity contribution in [3.8, 4) is 5.75 Å². The van der Waals surface area contributed by atoms with E-state index in [9.17, 15) is 18.0 Å². The Morgan fingerprint density at radius 2 is 1.62 bits per heavy atom. The van der Waals surface area contributed by atoms with E-state index in [1.165, 1.54) is 29.2 Å². The number of piperazine rings is 1. The summed E-state index contributed by atoms with van der Waals surface area (Å²) in [6.45, 7) is 1.94. The fraction of sp³-hybridized carbons (Fsp3) is 0.263. The Kier molecular flexibility index (Phi) is 6.04. The number of hydrogen-bond donors (Lipinski definition) is 2. The summed E-state index contributed by atoms with van der Waals surface area (Å²) in [5, 5.41) is 7.52. The van der Waals surface area contributed by atoms with Crippen LogP contribution in [-0.4, -0.2) is 58.4 Å². The first-order valence-electron chi connectivity index (χ1n) is 8.90. The van der Waals surface area contributed by atoms with Gasteiger partial charge in [0.2, 0.25) is 10.0 Å². The second kappa shape index (κ2) is 8.50. The maximum Gasteiger partial charge on any atom is 0.313 e. The van der Waals surface area contributed by atoms with Crippen LogP contribution in [0.15, 0.2) is 53.4 Å². The van der Waals surface area contributed by atoms with Gasteiger partial charge in [0.1, 0.15) is 5.75 Å². The molecule has 0 unspecified atom stereocenters. The quantitative estimate of drug-likeness (QED) is 0.703. The first-order chi connectivity index (χ1) is 13.8. The van der Waals surface area contributed by atoms with Gasteiger partial charge in [0.15, 0.2) is 0 Å². The zero-order valence-electron chi connectivity index (χ0n) is 15.9. The summed E-state index contributed by atoms with van der Waals surface area (Å²) in [6.07, 6.45) is 0. The number of anilines is 2. The number of benzene rings is 2. The van der Waals surface area contributed by atoms with Crippen molar-refractivity contribution in [3.63, 3.8) is 0 Å². The molecule has 2 aromatic carbocycles. The normalized spacial score (nSPS) is 14.4. The highest BCUT2D eigenvalue weighted by Gasteiger charge is 2.27. The van der Waals surface area contributed by atoms with Crippen LogP contribution in [0.3, 0.4) is 0 Å². The lowest BCUT2D eigenvalue weighted by molar-refractivity contribution is -0.143. The third-order valence-corrected chi connectivity index (χ3v) is 5.56. The molecule has 154 valence electrons. The van der Waals surface area contributed by atoms with Gasteiger partial charge >= 0.3 is 11.8 Å². The molecule has 1 fully saturated rings. The zero-order chi connectivity index (χ0) is 21.0. The molecule has 9 nitrogen and oxygen atoms in total. The highest BCUT2D eigenvalue weighted by atomic mass is 32.2. The predicted octanol–water partition coefficient (Wildman–Crippen LogP) is 0.630. The summed E-state index contributed by atoms with van der Waals surface area (Å²) in [4.78, 5) is 28.2. The lowest BCUT2D eigenvalue weighted by atomic mass is 10.2. The van der Waals surface area contributed by atoms with Gasteiger partial charge in [-0.25, -0.2) is 13.6 Å². The molecule has 2 aromatic rings. The molecular formula is C19H22N4O5S. The van der Waals surface area contributed by atoms with E-state index < -0.39 is 21.8 Å². The van der Waals surface area contributed by atoms with Gasteiger partial charge < -0.3 is 19.9 Å². The largest absolute Gasteiger partial charge is 0.495 e. The molecule has 29 heavy (non-hydrogen) atoms. The van der Waals surface area contributed by atoms with Crippen molar-refractivity contribution in [2.75, 3.05) is 43.5 Å². The summed E-state index contributed by atoms with van der Waals surface area (Å²) < 4.78 is 27.9. The highest BCUT2D eigenvalue weighted by Crippen LogP contribution is 2.28. The number of carbonyl (C=O) groups excluding carboxylic acids is 2. The van der Waals surface area contributed by atoms with Crippen LogP contribution in [0, 0.1) is 0 Å². The Hall–Kier alpha value is -3.11. The fourth-order valence-electron chi connectivity index (χ4n) is 3.10. The molecule has 0 aromatic heterocycles. The van der Waals surface area contributed by atoms with E-state index in [0.717, 1.165) is 11.4 Å². The van der Waals surface area contributed by atoms with Gasteiger partial charge in [-0.15, -0.1) is 0 Å². The van der Waals surface area contributed by atoms with Crippen LogP contribution >= 0.6 is 0 Å². The first-order valence-corrected chi connectivity index (χ1v) is 10.5. The standard InChI is InChI=1S/C19H22N4O5S/c1-28-17-5-3-2-4-16(17)22-10-12-23(13-11-22)19(25)18(24)21-14-6-8-15(9-7-14)29(20,26)27/h2-9H,10-13H2,1H3,(H,21,24)(H2,20,26,27). The minimum absolute atomic E-state index is 0.0747. The van der Waals surface area contributed by atoms with Crippen molar-refractivity contribution < 1.29 is 22.7 Å². The Morgan fingerprint density at radius 1 is 1.00 bits per heavy atom. The fourth-order valence-corrected chi connectivity index (χ4v) is 3.61. The molecule has 0 spiro atoms. The predicted molar refractivity (Wildman–Crippen MR) is 108 cm³/mol. The molecule has 1 aliphatic rings. The number of amides is 2. The summed E-state index contributed by atoms with van der Waals surface area (Å²) in [5.41, 5.74) is 1.25. The minimum atomic E-state index is -3.82. The number of primary sulfonamides is 1. The SMILES string of the molecule is COc1ccccc1N1CCN(C(=O)C(=O)Nc2ccc(S(N)(=O)=O)cc2)CC1. The van der Waals surface area contributed by atoms with E-state index in [2.05, 4.69) is 10.2 Å². The van der Waals surface area contributed by atoms with E-state index in [0.29, 0.717) is 31.9 Å². The molecule has 0 radical (unpaired) electrons. The molecular weight excluding hydrogens is 396 g/mol. The van der Waals surface area contributed by atoms with Crippen LogP contribution < -0.4 is 20.1 Å². The van der Waals surface area contributed by atoms with Gasteiger partial charge in [0, 0.05) is 31.9 Å². The van der Waals surface area contributed by atoms with E-state index >= 15 is 0 Å². The molecule has 1 aliphatic heterocycles.